The summed E-state index contributed by atoms with van der Waals surface area (Å²) in [5, 5.41) is 15.4. The lowest BCUT2D eigenvalue weighted by molar-refractivity contribution is 0.567. The van der Waals surface area contributed by atoms with Crippen molar-refractivity contribution in [3.05, 3.63) is 45.3 Å². The van der Waals surface area contributed by atoms with Gasteiger partial charge < -0.3 is 15.5 Å². The van der Waals surface area contributed by atoms with Crippen LogP contribution in [0.2, 0.25) is 0 Å². The first kappa shape index (κ1) is 18.5. The van der Waals surface area contributed by atoms with Gasteiger partial charge in [0.05, 0.1) is 11.3 Å². The van der Waals surface area contributed by atoms with Crippen LogP contribution in [-0.4, -0.2) is 18.6 Å². The lowest BCUT2D eigenvalue weighted by Crippen LogP contribution is -2.14. The number of primary sulfonamides is 1. The zero-order valence-corrected chi connectivity index (χ0v) is 16.3. The first-order valence-corrected chi connectivity index (χ1v) is 9.76. The van der Waals surface area contributed by atoms with Crippen molar-refractivity contribution < 1.29 is 17.2 Å². The normalized spacial score (nSPS) is 11.5. The van der Waals surface area contributed by atoms with Gasteiger partial charge >= 0.3 is 6.01 Å². The largest absolute Gasteiger partial charge is 0.403 e. The molecule has 26 heavy (non-hydrogen) atoms. The van der Waals surface area contributed by atoms with Gasteiger partial charge in [-0.05, 0) is 65.4 Å². The summed E-state index contributed by atoms with van der Waals surface area (Å²) in [6.45, 7) is 1.88. The quantitative estimate of drug-likeness (QED) is 0.480. The summed E-state index contributed by atoms with van der Waals surface area (Å²) in [5.41, 5.74) is 7.41. The molecule has 5 N–H and O–H groups in total. The Balaban J connectivity index is 2.18. The van der Waals surface area contributed by atoms with Crippen molar-refractivity contribution in [1.29, 1.82) is 0 Å². The SMILES string of the molecule is Cc1cc(I)ccc1Nc1cc(F)c(S(N)(=O)=O)cc1-c1nnc(N)o1. The summed E-state index contributed by atoms with van der Waals surface area (Å²) in [5.74, 6) is -1.08. The van der Waals surface area contributed by atoms with Crippen molar-refractivity contribution in [3.8, 4) is 11.5 Å². The Morgan fingerprint density at radius 3 is 2.50 bits per heavy atom. The van der Waals surface area contributed by atoms with Gasteiger partial charge in [-0.1, -0.05) is 5.10 Å². The number of sulfonamides is 1. The highest BCUT2D eigenvalue weighted by atomic mass is 127. The Morgan fingerprint density at radius 2 is 1.92 bits per heavy atom. The summed E-state index contributed by atoms with van der Waals surface area (Å²) in [7, 11) is -4.29. The number of nitrogens with two attached hydrogens (primary N) is 2. The van der Waals surface area contributed by atoms with Crippen molar-refractivity contribution in [3.63, 3.8) is 0 Å². The van der Waals surface area contributed by atoms with Gasteiger partial charge in [0, 0.05) is 9.26 Å². The molecule has 0 aliphatic heterocycles. The van der Waals surface area contributed by atoms with Crippen LogP contribution in [0.3, 0.4) is 0 Å². The predicted molar refractivity (Wildman–Crippen MR) is 103 cm³/mol. The first-order valence-electron chi connectivity index (χ1n) is 7.14. The fraction of sp³-hybridized carbons (Fsp3) is 0.0667. The molecule has 0 radical (unpaired) electrons. The van der Waals surface area contributed by atoms with Crippen LogP contribution >= 0.6 is 22.6 Å². The minimum absolute atomic E-state index is 0.0712. The van der Waals surface area contributed by atoms with Gasteiger partial charge in [-0.3, -0.25) is 0 Å². The predicted octanol–water partition coefficient (Wildman–Crippen LogP) is 2.76. The molecular formula is C15H13FIN5O3S. The van der Waals surface area contributed by atoms with Crippen LogP contribution in [0.4, 0.5) is 21.8 Å². The number of hydrogen-bond donors (Lipinski definition) is 3. The number of nitrogen functional groups attached to an aromatic ring is 1. The fourth-order valence-corrected chi connectivity index (χ4v) is 3.57. The molecule has 0 saturated heterocycles. The molecule has 11 heteroatoms. The summed E-state index contributed by atoms with van der Waals surface area (Å²) in [6.07, 6.45) is 0. The molecule has 0 aliphatic rings. The first-order chi connectivity index (χ1) is 12.1. The summed E-state index contributed by atoms with van der Waals surface area (Å²) < 4.78 is 43.8. The third kappa shape index (κ3) is 3.78. The second-order valence-electron chi connectivity index (χ2n) is 5.40. The Labute approximate surface area is 162 Å². The Kier molecular flexibility index (Phi) is 4.86. The molecule has 0 amide bonds. The van der Waals surface area contributed by atoms with Crippen molar-refractivity contribution in [2.24, 2.45) is 5.14 Å². The maximum Gasteiger partial charge on any atom is 0.313 e. The zero-order valence-electron chi connectivity index (χ0n) is 13.3. The molecule has 0 fully saturated rings. The number of rotatable bonds is 4. The van der Waals surface area contributed by atoms with Crippen LogP contribution in [0.15, 0.2) is 39.6 Å². The number of aryl methyl sites for hydroxylation is 1. The van der Waals surface area contributed by atoms with Crippen LogP contribution < -0.4 is 16.2 Å². The molecule has 2 aromatic carbocycles. The highest BCUT2D eigenvalue weighted by Crippen LogP contribution is 2.34. The Morgan fingerprint density at radius 1 is 1.19 bits per heavy atom. The molecule has 0 aliphatic carbocycles. The number of hydrogen-bond acceptors (Lipinski definition) is 7. The Bertz CT molecular complexity index is 1100. The van der Waals surface area contributed by atoms with E-state index in [1.165, 1.54) is 0 Å². The summed E-state index contributed by atoms with van der Waals surface area (Å²) in [6, 6.07) is 7.44. The number of halogens is 2. The van der Waals surface area contributed by atoms with E-state index in [0.29, 0.717) is 5.69 Å². The molecule has 1 heterocycles. The molecule has 0 saturated carbocycles. The highest BCUT2D eigenvalue weighted by molar-refractivity contribution is 14.1. The third-order valence-corrected chi connectivity index (χ3v) is 5.10. The van der Waals surface area contributed by atoms with E-state index >= 15 is 0 Å². The van der Waals surface area contributed by atoms with E-state index < -0.39 is 20.7 Å². The Hall–Kier alpha value is -2.25. The van der Waals surface area contributed by atoms with E-state index in [4.69, 9.17) is 15.3 Å². The average molecular weight is 489 g/mol. The van der Waals surface area contributed by atoms with Crippen molar-refractivity contribution >= 4 is 50.0 Å². The molecule has 0 unspecified atom stereocenters. The van der Waals surface area contributed by atoms with Crippen molar-refractivity contribution in [2.75, 3.05) is 11.1 Å². The molecule has 0 bridgehead atoms. The van der Waals surface area contributed by atoms with Crippen LogP contribution in [0.1, 0.15) is 5.56 Å². The summed E-state index contributed by atoms with van der Waals surface area (Å²) in [4.78, 5) is -0.686. The van der Waals surface area contributed by atoms with Gasteiger partial charge in [-0.15, -0.1) is 5.10 Å². The van der Waals surface area contributed by atoms with E-state index in [2.05, 4.69) is 38.1 Å². The smallest absolute Gasteiger partial charge is 0.313 e. The highest BCUT2D eigenvalue weighted by Gasteiger charge is 2.22. The topological polar surface area (TPSA) is 137 Å². The number of nitrogens with zero attached hydrogens (tertiary/aromatic N) is 2. The maximum absolute atomic E-state index is 14.3. The van der Waals surface area contributed by atoms with Gasteiger partial charge in [0.2, 0.25) is 10.0 Å². The molecule has 136 valence electrons. The van der Waals surface area contributed by atoms with Crippen LogP contribution in [0.25, 0.3) is 11.5 Å². The molecule has 3 aromatic rings. The van der Waals surface area contributed by atoms with Gasteiger partial charge in [0.15, 0.2) is 0 Å². The van der Waals surface area contributed by atoms with E-state index in [0.717, 1.165) is 21.3 Å². The summed E-state index contributed by atoms with van der Waals surface area (Å²) >= 11 is 2.17. The average Bonchev–Trinajstić information content (AvgIpc) is 2.95. The maximum atomic E-state index is 14.3. The lowest BCUT2D eigenvalue weighted by atomic mass is 10.1. The number of benzene rings is 2. The van der Waals surface area contributed by atoms with Gasteiger partial charge in [-0.25, -0.2) is 17.9 Å². The number of anilines is 3. The van der Waals surface area contributed by atoms with Gasteiger partial charge in [0.25, 0.3) is 5.89 Å². The van der Waals surface area contributed by atoms with Crippen molar-refractivity contribution in [1.82, 2.24) is 10.2 Å². The minimum atomic E-state index is -4.29. The van der Waals surface area contributed by atoms with E-state index in [-0.39, 0.29) is 23.2 Å². The molecule has 0 spiro atoms. The standard InChI is InChI=1S/C15H13FIN5O3S/c1-7-4-8(17)2-3-11(7)20-12-6-10(16)13(26(19,23)24)5-9(12)14-21-22-15(18)25-14/h2-6,20H,1H3,(H2,18,22)(H2,19,23,24). The number of nitrogens with one attached hydrogen (secondary N) is 1. The molecule has 0 atom stereocenters. The molecule has 8 nitrogen and oxygen atoms in total. The van der Waals surface area contributed by atoms with Crippen LogP contribution in [0.5, 0.6) is 0 Å². The fourth-order valence-electron chi connectivity index (χ4n) is 2.31. The van der Waals surface area contributed by atoms with Gasteiger partial charge in [-0.2, -0.15) is 0 Å². The van der Waals surface area contributed by atoms with E-state index in [9.17, 15) is 12.8 Å². The lowest BCUT2D eigenvalue weighted by Gasteiger charge is -2.14. The molecule has 3 rings (SSSR count). The van der Waals surface area contributed by atoms with Crippen LogP contribution in [0, 0.1) is 16.3 Å². The van der Waals surface area contributed by atoms with E-state index in [1.54, 1.807) is 0 Å². The van der Waals surface area contributed by atoms with Crippen LogP contribution in [-0.2, 0) is 10.0 Å². The molecule has 1 aromatic heterocycles. The van der Waals surface area contributed by atoms with Crippen molar-refractivity contribution in [2.45, 2.75) is 11.8 Å². The zero-order chi connectivity index (χ0) is 19.1. The second-order valence-corrected chi connectivity index (χ2v) is 8.18. The molecular weight excluding hydrogens is 476 g/mol. The number of aromatic nitrogens is 2. The third-order valence-electron chi connectivity index (χ3n) is 3.51. The monoisotopic (exact) mass is 489 g/mol. The van der Waals surface area contributed by atoms with Gasteiger partial charge in [0.1, 0.15) is 10.7 Å². The second kappa shape index (κ2) is 6.81. The minimum Gasteiger partial charge on any atom is -0.403 e. The van der Waals surface area contributed by atoms with E-state index in [1.807, 2.05) is 25.1 Å².